The summed E-state index contributed by atoms with van der Waals surface area (Å²) in [5.74, 6) is 0.0806. The maximum atomic E-state index is 13.8. The molecule has 132 valence electrons. The van der Waals surface area contributed by atoms with Gasteiger partial charge in [-0.25, -0.2) is 4.39 Å². The van der Waals surface area contributed by atoms with E-state index in [1.165, 1.54) is 26.0 Å². The summed E-state index contributed by atoms with van der Waals surface area (Å²) >= 11 is 0. The van der Waals surface area contributed by atoms with Crippen molar-refractivity contribution in [3.8, 4) is 5.75 Å². The third kappa shape index (κ3) is 3.56. The molecule has 1 aromatic carbocycles. The molecule has 5 heteroatoms. The first-order chi connectivity index (χ1) is 11.6. The molecule has 0 aliphatic carbocycles. The molecule has 24 heavy (non-hydrogen) atoms. The SMILES string of the molecule is COc1ccc(CCC(=O)N2CCC[C@@H]2[C@@H]2CCCN2C)cc1F. The molecular weight excluding hydrogens is 307 g/mol. The van der Waals surface area contributed by atoms with Crippen molar-refractivity contribution in [2.45, 2.75) is 50.6 Å². The lowest BCUT2D eigenvalue weighted by molar-refractivity contribution is -0.132. The van der Waals surface area contributed by atoms with Gasteiger partial charge in [0.25, 0.3) is 0 Å². The van der Waals surface area contributed by atoms with Crippen LogP contribution in [0.15, 0.2) is 18.2 Å². The van der Waals surface area contributed by atoms with E-state index in [1.54, 1.807) is 6.07 Å². The first-order valence-corrected chi connectivity index (χ1v) is 8.92. The number of nitrogens with zero attached hydrogens (tertiary/aromatic N) is 2. The normalized spacial score (nSPS) is 24.5. The zero-order valence-electron chi connectivity index (χ0n) is 14.6. The topological polar surface area (TPSA) is 32.8 Å². The summed E-state index contributed by atoms with van der Waals surface area (Å²) < 4.78 is 18.7. The van der Waals surface area contributed by atoms with E-state index in [0.717, 1.165) is 31.5 Å². The van der Waals surface area contributed by atoms with Gasteiger partial charge in [0, 0.05) is 25.0 Å². The van der Waals surface area contributed by atoms with Crippen LogP contribution in [0.4, 0.5) is 4.39 Å². The van der Waals surface area contributed by atoms with Crippen LogP contribution in [0.1, 0.15) is 37.7 Å². The van der Waals surface area contributed by atoms with Gasteiger partial charge in [-0.05, 0) is 63.4 Å². The summed E-state index contributed by atoms with van der Waals surface area (Å²) in [4.78, 5) is 17.2. The van der Waals surface area contributed by atoms with Crippen molar-refractivity contribution in [3.63, 3.8) is 0 Å². The van der Waals surface area contributed by atoms with E-state index in [4.69, 9.17) is 4.74 Å². The van der Waals surface area contributed by atoms with Gasteiger partial charge < -0.3 is 14.5 Å². The Bertz CT molecular complexity index is 593. The second-order valence-electron chi connectivity index (χ2n) is 6.96. The highest BCUT2D eigenvalue weighted by Crippen LogP contribution is 2.29. The minimum absolute atomic E-state index is 0.203. The van der Waals surface area contributed by atoms with Gasteiger partial charge in [0.2, 0.25) is 5.91 Å². The number of benzene rings is 1. The van der Waals surface area contributed by atoms with Gasteiger partial charge in [-0.3, -0.25) is 4.79 Å². The molecule has 2 atom stereocenters. The van der Waals surface area contributed by atoms with E-state index < -0.39 is 0 Å². The highest BCUT2D eigenvalue weighted by Gasteiger charge is 2.37. The highest BCUT2D eigenvalue weighted by atomic mass is 19.1. The van der Waals surface area contributed by atoms with E-state index in [0.29, 0.717) is 24.9 Å². The summed E-state index contributed by atoms with van der Waals surface area (Å²) in [6.07, 6.45) is 5.64. The lowest BCUT2D eigenvalue weighted by Gasteiger charge is -2.33. The van der Waals surface area contributed by atoms with Crippen LogP contribution in [0.5, 0.6) is 5.75 Å². The van der Waals surface area contributed by atoms with Gasteiger partial charge in [0.15, 0.2) is 11.6 Å². The van der Waals surface area contributed by atoms with E-state index in [9.17, 15) is 9.18 Å². The van der Waals surface area contributed by atoms with Crippen molar-refractivity contribution in [1.29, 1.82) is 0 Å². The molecule has 0 bridgehead atoms. The zero-order valence-corrected chi connectivity index (χ0v) is 14.6. The summed E-state index contributed by atoms with van der Waals surface area (Å²) in [5.41, 5.74) is 0.843. The quantitative estimate of drug-likeness (QED) is 0.830. The molecule has 1 amide bonds. The largest absolute Gasteiger partial charge is 0.494 e. The Hall–Kier alpha value is -1.62. The van der Waals surface area contributed by atoms with Gasteiger partial charge in [0.05, 0.1) is 7.11 Å². The number of halogens is 1. The fourth-order valence-corrected chi connectivity index (χ4v) is 4.18. The predicted octanol–water partition coefficient (Wildman–Crippen LogP) is 2.85. The van der Waals surface area contributed by atoms with Crippen molar-refractivity contribution in [3.05, 3.63) is 29.6 Å². The number of likely N-dealkylation sites (N-methyl/N-ethyl adjacent to an activating group) is 1. The molecule has 0 saturated carbocycles. The maximum absolute atomic E-state index is 13.8. The van der Waals surface area contributed by atoms with Crippen LogP contribution in [0, 0.1) is 5.82 Å². The number of carbonyl (C=O) groups excluding carboxylic acids is 1. The highest BCUT2D eigenvalue weighted by molar-refractivity contribution is 5.77. The third-order valence-corrected chi connectivity index (χ3v) is 5.48. The monoisotopic (exact) mass is 334 g/mol. The maximum Gasteiger partial charge on any atom is 0.223 e. The number of ether oxygens (including phenoxy) is 1. The third-order valence-electron chi connectivity index (χ3n) is 5.48. The molecule has 4 nitrogen and oxygen atoms in total. The number of likely N-dealkylation sites (tertiary alicyclic amines) is 2. The summed E-state index contributed by atoms with van der Waals surface area (Å²) in [7, 11) is 3.62. The number of aryl methyl sites for hydroxylation is 1. The van der Waals surface area contributed by atoms with Crippen LogP contribution in [0.25, 0.3) is 0 Å². The lowest BCUT2D eigenvalue weighted by Crippen LogP contribution is -2.47. The Labute approximate surface area is 143 Å². The number of hydrogen-bond acceptors (Lipinski definition) is 3. The van der Waals surface area contributed by atoms with E-state index in [1.807, 2.05) is 6.07 Å². The molecule has 3 rings (SSSR count). The molecule has 2 aliphatic rings. The molecule has 2 fully saturated rings. The molecule has 0 spiro atoms. The number of rotatable bonds is 5. The summed E-state index contributed by atoms with van der Waals surface area (Å²) in [6.45, 7) is 2.00. The standard InChI is InChI=1S/C19H27FN2O2/c1-21-11-3-5-16(21)17-6-4-12-22(17)19(23)10-8-14-7-9-18(24-2)15(20)13-14/h7,9,13,16-17H,3-6,8,10-12H2,1-2H3/t16-,17+/m0/s1. The lowest BCUT2D eigenvalue weighted by atomic mass is 10.0. The molecule has 0 radical (unpaired) electrons. The molecular formula is C19H27FN2O2. The zero-order chi connectivity index (χ0) is 17.1. The van der Waals surface area contributed by atoms with Crippen molar-refractivity contribution in [1.82, 2.24) is 9.80 Å². The minimum Gasteiger partial charge on any atom is -0.494 e. The molecule has 2 heterocycles. The minimum atomic E-state index is -0.367. The smallest absolute Gasteiger partial charge is 0.223 e. The van der Waals surface area contributed by atoms with Crippen LogP contribution in [0.2, 0.25) is 0 Å². The van der Waals surface area contributed by atoms with Crippen LogP contribution < -0.4 is 4.74 Å². The van der Waals surface area contributed by atoms with Gasteiger partial charge in [-0.1, -0.05) is 6.07 Å². The van der Waals surface area contributed by atoms with Crippen molar-refractivity contribution in [2.75, 3.05) is 27.2 Å². The number of methoxy groups -OCH3 is 1. The molecule has 2 saturated heterocycles. The first-order valence-electron chi connectivity index (χ1n) is 8.92. The fraction of sp³-hybridized carbons (Fsp3) is 0.632. The van der Waals surface area contributed by atoms with Crippen LogP contribution in [0.3, 0.4) is 0 Å². The van der Waals surface area contributed by atoms with Crippen LogP contribution >= 0.6 is 0 Å². The summed E-state index contributed by atoms with van der Waals surface area (Å²) in [6, 6.07) is 5.80. The number of amides is 1. The average Bonchev–Trinajstić information content (AvgIpc) is 3.21. The molecule has 0 unspecified atom stereocenters. The van der Waals surface area contributed by atoms with E-state index in [2.05, 4.69) is 16.8 Å². The van der Waals surface area contributed by atoms with Gasteiger partial charge in [0.1, 0.15) is 0 Å². The van der Waals surface area contributed by atoms with Crippen molar-refractivity contribution >= 4 is 5.91 Å². The Balaban J connectivity index is 1.59. The fourth-order valence-electron chi connectivity index (χ4n) is 4.18. The van der Waals surface area contributed by atoms with Crippen molar-refractivity contribution < 1.29 is 13.9 Å². The number of carbonyl (C=O) groups is 1. The Morgan fingerprint density at radius 1 is 1.25 bits per heavy atom. The van der Waals surface area contributed by atoms with Gasteiger partial charge >= 0.3 is 0 Å². The van der Waals surface area contributed by atoms with E-state index in [-0.39, 0.29) is 17.5 Å². The predicted molar refractivity (Wildman–Crippen MR) is 91.7 cm³/mol. The van der Waals surface area contributed by atoms with Gasteiger partial charge in [-0.15, -0.1) is 0 Å². The van der Waals surface area contributed by atoms with Crippen molar-refractivity contribution in [2.24, 2.45) is 0 Å². The summed E-state index contributed by atoms with van der Waals surface area (Å²) in [5, 5.41) is 0. The second-order valence-corrected chi connectivity index (χ2v) is 6.96. The van der Waals surface area contributed by atoms with Gasteiger partial charge in [-0.2, -0.15) is 0 Å². The van der Waals surface area contributed by atoms with Crippen LogP contribution in [-0.4, -0.2) is 55.0 Å². The van der Waals surface area contributed by atoms with E-state index >= 15 is 0 Å². The Kier molecular flexibility index (Phi) is 5.39. The Morgan fingerprint density at radius 2 is 2.00 bits per heavy atom. The molecule has 2 aliphatic heterocycles. The molecule has 0 aromatic heterocycles. The van der Waals surface area contributed by atoms with Crippen LogP contribution in [-0.2, 0) is 11.2 Å². The molecule has 0 N–H and O–H groups in total. The number of hydrogen-bond donors (Lipinski definition) is 0. The second kappa shape index (κ2) is 7.51. The average molecular weight is 334 g/mol. The first kappa shape index (κ1) is 17.2. The Morgan fingerprint density at radius 3 is 2.67 bits per heavy atom. The molecule has 1 aromatic rings.